The van der Waals surface area contributed by atoms with E-state index in [9.17, 15) is 33.3 Å². The number of carbonyl (C=O) groups is 1. The quantitative estimate of drug-likeness (QED) is 0.167. The monoisotopic (exact) mass is 500 g/mol. The van der Waals surface area contributed by atoms with Crippen LogP contribution < -0.4 is 4.74 Å². The van der Waals surface area contributed by atoms with Crippen molar-refractivity contribution in [2.45, 2.75) is 70.9 Å². The van der Waals surface area contributed by atoms with Gasteiger partial charge in [-0.05, 0) is 70.2 Å². The summed E-state index contributed by atoms with van der Waals surface area (Å²) in [5.74, 6) is -1.96. The van der Waals surface area contributed by atoms with E-state index in [1.165, 1.54) is 18.2 Å². The number of allylic oxidation sites excluding steroid dienone is 1. The van der Waals surface area contributed by atoms with E-state index in [1.807, 2.05) is 0 Å². The highest BCUT2D eigenvalue weighted by Crippen LogP contribution is 2.40. The van der Waals surface area contributed by atoms with Gasteiger partial charge in [-0.2, -0.15) is 13.2 Å². The highest BCUT2D eigenvalue weighted by molar-refractivity contribution is 5.73. The first-order chi connectivity index (χ1) is 16.4. The Kier molecular flexibility index (Phi) is 10.6. The highest BCUT2D eigenvalue weighted by atomic mass is 19.4. The molecular formula is C26H35F3O6. The number of alkyl halides is 3. The van der Waals surface area contributed by atoms with Crippen LogP contribution in [-0.4, -0.2) is 46.2 Å². The van der Waals surface area contributed by atoms with Crippen molar-refractivity contribution in [1.29, 1.82) is 0 Å². The van der Waals surface area contributed by atoms with Gasteiger partial charge in [0.2, 0.25) is 0 Å². The van der Waals surface area contributed by atoms with Crippen LogP contribution in [0.15, 0.2) is 48.3 Å². The molecule has 9 heteroatoms. The van der Waals surface area contributed by atoms with E-state index < -0.39 is 35.8 Å². The van der Waals surface area contributed by atoms with Crippen molar-refractivity contribution in [2.24, 2.45) is 17.8 Å². The van der Waals surface area contributed by atoms with E-state index in [2.05, 4.69) is 0 Å². The van der Waals surface area contributed by atoms with Gasteiger partial charge < -0.3 is 24.8 Å². The molecule has 2 rings (SSSR count). The molecule has 1 saturated carbocycles. The van der Waals surface area contributed by atoms with E-state index in [-0.39, 0.29) is 42.5 Å². The molecule has 0 amide bonds. The lowest BCUT2D eigenvalue weighted by Crippen LogP contribution is -2.37. The van der Waals surface area contributed by atoms with Gasteiger partial charge in [-0.3, -0.25) is 4.79 Å². The Bertz CT molecular complexity index is 880. The normalized spacial score (nSPS) is 23.0. The number of esters is 1. The molecule has 6 nitrogen and oxygen atoms in total. The van der Waals surface area contributed by atoms with Gasteiger partial charge >= 0.3 is 12.1 Å². The molecule has 1 fully saturated rings. The Hall–Kier alpha value is -2.52. The topological polar surface area (TPSA) is 96.2 Å². The van der Waals surface area contributed by atoms with Crippen molar-refractivity contribution >= 4 is 5.97 Å². The molecule has 0 aromatic heterocycles. The van der Waals surface area contributed by atoms with Crippen molar-refractivity contribution in [2.75, 3.05) is 6.61 Å². The minimum Gasteiger partial charge on any atom is -0.513 e. The van der Waals surface area contributed by atoms with Crippen LogP contribution in [0.3, 0.4) is 0 Å². The lowest BCUT2D eigenvalue weighted by molar-refractivity contribution is -0.159. The van der Waals surface area contributed by atoms with E-state index in [1.54, 1.807) is 32.9 Å². The number of hydrogen-bond acceptors (Lipinski definition) is 6. The van der Waals surface area contributed by atoms with Gasteiger partial charge in [0.1, 0.15) is 5.75 Å². The van der Waals surface area contributed by atoms with Crippen LogP contribution in [0, 0.1) is 17.8 Å². The summed E-state index contributed by atoms with van der Waals surface area (Å²) in [5, 5.41) is 31.0. The third-order valence-electron chi connectivity index (χ3n) is 6.01. The number of benzene rings is 1. The first-order valence-electron chi connectivity index (χ1n) is 11.8. The SMILES string of the molecule is CC=C(O)CC(O)C(C(=O)OC(C)C)C1CC(O)C(C=CCCOc2cccc(C(F)(F)F)c2)C1. The molecule has 0 aliphatic heterocycles. The molecule has 1 aromatic rings. The molecule has 0 radical (unpaired) electrons. The zero-order chi connectivity index (χ0) is 26.2. The second kappa shape index (κ2) is 13.0. The standard InChI is InChI=1S/C26H35F3O6/c1-4-20(30)15-23(32)24(25(33)35-16(2)3)18-12-17(22(31)13-18)8-5-6-11-34-21-10-7-9-19(14-21)26(27,28)29/h4-5,7-10,14,16-18,22-24,30-32H,6,11-13,15H2,1-3H3. The van der Waals surface area contributed by atoms with E-state index in [0.29, 0.717) is 19.3 Å². The number of aliphatic hydroxyl groups is 3. The summed E-state index contributed by atoms with van der Waals surface area (Å²) in [5.41, 5.74) is -0.777. The maximum atomic E-state index is 12.8. The Balaban J connectivity index is 1.95. The van der Waals surface area contributed by atoms with Gasteiger partial charge in [-0.15, -0.1) is 0 Å². The lowest BCUT2D eigenvalue weighted by Gasteiger charge is -2.27. The summed E-state index contributed by atoms with van der Waals surface area (Å²) in [6, 6.07) is 4.67. The molecule has 35 heavy (non-hydrogen) atoms. The molecule has 1 aliphatic carbocycles. The van der Waals surface area contributed by atoms with E-state index >= 15 is 0 Å². The Labute approximate surface area is 204 Å². The zero-order valence-electron chi connectivity index (χ0n) is 20.2. The van der Waals surface area contributed by atoms with Gasteiger partial charge in [-0.1, -0.05) is 18.2 Å². The molecule has 1 aromatic carbocycles. The molecular weight excluding hydrogens is 465 g/mol. The number of rotatable bonds is 11. The summed E-state index contributed by atoms with van der Waals surface area (Å²) in [4.78, 5) is 12.7. The first kappa shape index (κ1) is 28.7. The number of halogens is 3. The fourth-order valence-electron chi connectivity index (χ4n) is 4.30. The van der Waals surface area contributed by atoms with Crippen molar-refractivity contribution in [3.8, 4) is 5.75 Å². The fraction of sp³-hybridized carbons (Fsp3) is 0.577. The van der Waals surface area contributed by atoms with Gasteiger partial charge in [0.05, 0.1) is 42.2 Å². The number of ether oxygens (including phenoxy) is 2. The van der Waals surface area contributed by atoms with Crippen LogP contribution in [-0.2, 0) is 15.7 Å². The van der Waals surface area contributed by atoms with Crippen molar-refractivity contribution in [3.05, 3.63) is 53.8 Å². The number of hydrogen-bond donors (Lipinski definition) is 3. The average Bonchev–Trinajstić information content (AvgIpc) is 3.12. The average molecular weight is 501 g/mol. The minimum atomic E-state index is -4.44. The molecule has 0 spiro atoms. The maximum Gasteiger partial charge on any atom is 0.416 e. The lowest BCUT2D eigenvalue weighted by atomic mass is 9.84. The molecule has 3 N–H and O–H groups in total. The molecule has 196 valence electrons. The zero-order valence-corrected chi connectivity index (χ0v) is 20.2. The Morgan fingerprint density at radius 1 is 1.26 bits per heavy atom. The maximum absolute atomic E-state index is 12.8. The predicted octanol–water partition coefficient (Wildman–Crippen LogP) is 5.20. The van der Waals surface area contributed by atoms with Crippen LogP contribution in [0.4, 0.5) is 13.2 Å². The molecule has 0 heterocycles. The Morgan fingerprint density at radius 2 is 1.97 bits per heavy atom. The number of aliphatic hydroxyl groups excluding tert-OH is 3. The second-order valence-electron chi connectivity index (χ2n) is 9.12. The summed E-state index contributed by atoms with van der Waals surface area (Å²) in [7, 11) is 0. The highest BCUT2D eigenvalue weighted by Gasteiger charge is 2.43. The minimum absolute atomic E-state index is 0.0318. The van der Waals surface area contributed by atoms with Crippen LogP contribution in [0.5, 0.6) is 5.75 Å². The smallest absolute Gasteiger partial charge is 0.416 e. The van der Waals surface area contributed by atoms with Crippen LogP contribution in [0.2, 0.25) is 0 Å². The molecule has 1 aliphatic rings. The molecule has 0 saturated heterocycles. The summed E-state index contributed by atoms with van der Waals surface area (Å²) in [6.07, 6.45) is -0.582. The molecule has 5 unspecified atom stereocenters. The van der Waals surface area contributed by atoms with Crippen molar-refractivity contribution in [3.63, 3.8) is 0 Å². The summed E-state index contributed by atoms with van der Waals surface area (Å²) in [6.45, 7) is 5.21. The van der Waals surface area contributed by atoms with Crippen LogP contribution >= 0.6 is 0 Å². The van der Waals surface area contributed by atoms with Gasteiger partial charge in [0.15, 0.2) is 0 Å². The summed E-state index contributed by atoms with van der Waals surface area (Å²) < 4.78 is 49.1. The predicted molar refractivity (Wildman–Crippen MR) is 125 cm³/mol. The first-order valence-corrected chi connectivity index (χ1v) is 11.8. The van der Waals surface area contributed by atoms with Gasteiger partial charge in [-0.25, -0.2) is 0 Å². The Morgan fingerprint density at radius 3 is 2.60 bits per heavy atom. The number of carbonyl (C=O) groups excluding carboxylic acids is 1. The largest absolute Gasteiger partial charge is 0.513 e. The van der Waals surface area contributed by atoms with Crippen LogP contribution in [0.25, 0.3) is 0 Å². The van der Waals surface area contributed by atoms with Crippen molar-refractivity contribution < 1.29 is 42.8 Å². The summed E-state index contributed by atoms with van der Waals surface area (Å²) >= 11 is 0. The molecule has 0 bridgehead atoms. The van der Waals surface area contributed by atoms with Crippen LogP contribution in [0.1, 0.15) is 52.0 Å². The second-order valence-corrected chi connectivity index (χ2v) is 9.12. The van der Waals surface area contributed by atoms with E-state index in [0.717, 1.165) is 12.1 Å². The fourth-order valence-corrected chi connectivity index (χ4v) is 4.30. The molecule has 5 atom stereocenters. The van der Waals surface area contributed by atoms with Gasteiger partial charge in [0.25, 0.3) is 0 Å². The third kappa shape index (κ3) is 8.89. The third-order valence-corrected chi connectivity index (χ3v) is 6.01. The van der Waals surface area contributed by atoms with E-state index in [4.69, 9.17) is 9.47 Å². The van der Waals surface area contributed by atoms with Gasteiger partial charge in [0, 0.05) is 12.3 Å². The van der Waals surface area contributed by atoms with Crippen molar-refractivity contribution in [1.82, 2.24) is 0 Å².